The molecule has 1 aliphatic rings. The molecule has 2 N–H and O–H groups in total. The van der Waals surface area contributed by atoms with Crippen LogP contribution in [-0.2, 0) is 21.4 Å². The van der Waals surface area contributed by atoms with Crippen LogP contribution in [0.3, 0.4) is 0 Å². The van der Waals surface area contributed by atoms with Gasteiger partial charge >= 0.3 is 0 Å². The van der Waals surface area contributed by atoms with E-state index in [-0.39, 0.29) is 24.3 Å². The van der Waals surface area contributed by atoms with Crippen molar-refractivity contribution in [2.45, 2.75) is 26.3 Å². The molecule has 0 saturated carbocycles. The Balaban J connectivity index is 1.76. The van der Waals surface area contributed by atoms with Gasteiger partial charge in [-0.1, -0.05) is 24.3 Å². The summed E-state index contributed by atoms with van der Waals surface area (Å²) < 4.78 is 26.2. The number of hydrogen-bond acceptors (Lipinski definition) is 4. The van der Waals surface area contributed by atoms with Gasteiger partial charge in [0.05, 0.1) is 18.5 Å². The fraction of sp³-hybridized carbons (Fsp3) is 0.364. The van der Waals surface area contributed by atoms with Gasteiger partial charge in [-0.15, -0.1) is 0 Å². The molecule has 1 fully saturated rings. The van der Waals surface area contributed by atoms with Gasteiger partial charge < -0.3 is 10.6 Å². The van der Waals surface area contributed by atoms with Crippen LogP contribution < -0.4 is 10.0 Å². The van der Waals surface area contributed by atoms with Gasteiger partial charge in [-0.2, -0.15) is 0 Å². The monoisotopic (exact) mass is 429 g/mol. The molecule has 0 radical (unpaired) electrons. The molecule has 0 aromatic heterocycles. The van der Waals surface area contributed by atoms with E-state index in [9.17, 15) is 18.0 Å². The predicted octanol–water partition coefficient (Wildman–Crippen LogP) is 2.30. The highest BCUT2D eigenvalue weighted by Gasteiger charge is 2.27. The van der Waals surface area contributed by atoms with Crippen LogP contribution >= 0.6 is 0 Å². The molecule has 7 nitrogen and oxygen atoms in total. The SMILES string of the molecule is Cc1ccccc1CN(c1ccc(C(=O)N2CCC(C(N)=O)CC2)cc1)S(C)(=O)=O. The first kappa shape index (κ1) is 21.8. The number of anilines is 1. The summed E-state index contributed by atoms with van der Waals surface area (Å²) in [6.07, 6.45) is 2.31. The maximum absolute atomic E-state index is 12.8. The predicted molar refractivity (Wildman–Crippen MR) is 116 cm³/mol. The van der Waals surface area contributed by atoms with Gasteiger partial charge in [-0.25, -0.2) is 8.42 Å². The average molecular weight is 430 g/mol. The van der Waals surface area contributed by atoms with Crippen molar-refractivity contribution in [3.05, 3.63) is 65.2 Å². The third kappa shape index (κ3) is 4.99. The zero-order valence-corrected chi connectivity index (χ0v) is 18.1. The molecule has 30 heavy (non-hydrogen) atoms. The minimum Gasteiger partial charge on any atom is -0.369 e. The van der Waals surface area contributed by atoms with Crippen LogP contribution in [0.1, 0.15) is 34.3 Å². The number of aryl methyl sites for hydroxylation is 1. The summed E-state index contributed by atoms with van der Waals surface area (Å²) in [6, 6.07) is 14.2. The van der Waals surface area contributed by atoms with Crippen LogP contribution in [-0.4, -0.2) is 44.5 Å². The van der Waals surface area contributed by atoms with Crippen LogP contribution in [0.4, 0.5) is 5.69 Å². The van der Waals surface area contributed by atoms with Crippen molar-refractivity contribution in [2.24, 2.45) is 11.7 Å². The smallest absolute Gasteiger partial charge is 0.253 e. The lowest BCUT2D eigenvalue weighted by Crippen LogP contribution is -2.41. The molecule has 2 aromatic carbocycles. The van der Waals surface area contributed by atoms with Crippen molar-refractivity contribution in [3.8, 4) is 0 Å². The Morgan fingerprint density at radius 3 is 2.20 bits per heavy atom. The summed E-state index contributed by atoms with van der Waals surface area (Å²) in [5.74, 6) is -0.628. The molecule has 0 aliphatic carbocycles. The van der Waals surface area contributed by atoms with E-state index in [0.29, 0.717) is 37.2 Å². The number of nitrogens with zero attached hydrogens (tertiary/aromatic N) is 2. The molecule has 8 heteroatoms. The molecular weight excluding hydrogens is 402 g/mol. The van der Waals surface area contributed by atoms with Crippen molar-refractivity contribution in [3.63, 3.8) is 0 Å². The molecule has 1 heterocycles. The first-order chi connectivity index (χ1) is 14.2. The van der Waals surface area contributed by atoms with Crippen LogP contribution in [0.25, 0.3) is 0 Å². The summed E-state index contributed by atoms with van der Waals surface area (Å²) in [5.41, 5.74) is 8.27. The van der Waals surface area contributed by atoms with Crippen molar-refractivity contribution in [1.29, 1.82) is 0 Å². The van der Waals surface area contributed by atoms with Gasteiger partial charge in [0.1, 0.15) is 0 Å². The number of hydrogen-bond donors (Lipinski definition) is 1. The summed E-state index contributed by atoms with van der Waals surface area (Å²) >= 11 is 0. The maximum atomic E-state index is 12.8. The number of sulfonamides is 1. The first-order valence-electron chi connectivity index (χ1n) is 9.87. The number of carbonyl (C=O) groups excluding carboxylic acids is 2. The Kier molecular flexibility index (Phi) is 6.45. The Morgan fingerprint density at radius 2 is 1.67 bits per heavy atom. The highest BCUT2D eigenvalue weighted by molar-refractivity contribution is 7.92. The highest BCUT2D eigenvalue weighted by atomic mass is 32.2. The van der Waals surface area contributed by atoms with Crippen molar-refractivity contribution >= 4 is 27.5 Å². The Morgan fingerprint density at radius 1 is 1.07 bits per heavy atom. The fourth-order valence-electron chi connectivity index (χ4n) is 3.66. The third-order valence-corrected chi connectivity index (χ3v) is 6.70. The normalized spacial score (nSPS) is 15.1. The van der Waals surface area contributed by atoms with E-state index in [2.05, 4.69) is 0 Å². The van der Waals surface area contributed by atoms with Gasteiger partial charge in [-0.3, -0.25) is 13.9 Å². The van der Waals surface area contributed by atoms with Gasteiger partial charge in [0.15, 0.2) is 0 Å². The lowest BCUT2D eigenvalue weighted by molar-refractivity contribution is -0.123. The van der Waals surface area contributed by atoms with Crippen LogP contribution in [0, 0.1) is 12.8 Å². The molecule has 1 saturated heterocycles. The average Bonchev–Trinajstić information content (AvgIpc) is 2.72. The topological polar surface area (TPSA) is 101 Å². The first-order valence-corrected chi connectivity index (χ1v) is 11.7. The zero-order chi connectivity index (χ0) is 21.9. The molecular formula is C22H27N3O4S. The third-order valence-electron chi connectivity index (χ3n) is 5.56. The van der Waals surface area contributed by atoms with E-state index in [4.69, 9.17) is 5.73 Å². The molecule has 0 bridgehead atoms. The van der Waals surface area contributed by atoms with E-state index in [0.717, 1.165) is 11.1 Å². The van der Waals surface area contributed by atoms with Gasteiger partial charge in [0, 0.05) is 24.6 Å². The summed E-state index contributed by atoms with van der Waals surface area (Å²) in [6.45, 7) is 3.13. The number of rotatable bonds is 6. The van der Waals surface area contributed by atoms with E-state index < -0.39 is 10.0 Å². The Labute approximate surface area is 177 Å². The fourth-order valence-corrected chi connectivity index (χ4v) is 4.54. The number of carbonyl (C=O) groups is 2. The molecule has 1 aliphatic heterocycles. The number of nitrogens with two attached hydrogens (primary N) is 1. The minimum absolute atomic E-state index is 0.130. The number of amides is 2. The summed E-state index contributed by atoms with van der Waals surface area (Å²) in [5, 5.41) is 0. The Hall–Kier alpha value is -2.87. The standard InChI is InChI=1S/C22H27N3O4S/c1-16-5-3-4-6-19(16)15-25(30(2,28)29)20-9-7-18(8-10-20)22(27)24-13-11-17(12-14-24)21(23)26/h3-10,17H,11-15H2,1-2H3,(H2,23,26). The van der Waals surface area contributed by atoms with Crippen LogP contribution in [0.2, 0.25) is 0 Å². The highest BCUT2D eigenvalue weighted by Crippen LogP contribution is 2.24. The summed E-state index contributed by atoms with van der Waals surface area (Å²) in [7, 11) is -3.51. The van der Waals surface area contributed by atoms with E-state index in [1.54, 1.807) is 29.2 Å². The molecule has 3 rings (SSSR count). The van der Waals surface area contributed by atoms with E-state index in [1.165, 1.54) is 10.6 Å². The zero-order valence-electron chi connectivity index (χ0n) is 17.2. The lowest BCUT2D eigenvalue weighted by Gasteiger charge is -2.30. The van der Waals surface area contributed by atoms with Crippen molar-refractivity contribution in [2.75, 3.05) is 23.7 Å². The second-order valence-electron chi connectivity index (χ2n) is 7.71. The quantitative estimate of drug-likeness (QED) is 0.761. The molecule has 0 atom stereocenters. The van der Waals surface area contributed by atoms with Crippen LogP contribution in [0.15, 0.2) is 48.5 Å². The maximum Gasteiger partial charge on any atom is 0.253 e. The number of benzene rings is 2. The van der Waals surface area contributed by atoms with Crippen LogP contribution in [0.5, 0.6) is 0 Å². The van der Waals surface area contributed by atoms with Gasteiger partial charge in [0.25, 0.3) is 5.91 Å². The van der Waals surface area contributed by atoms with Gasteiger partial charge in [0.2, 0.25) is 15.9 Å². The molecule has 0 spiro atoms. The van der Waals surface area contributed by atoms with Crippen molar-refractivity contribution < 1.29 is 18.0 Å². The largest absolute Gasteiger partial charge is 0.369 e. The minimum atomic E-state index is -3.51. The molecule has 0 unspecified atom stereocenters. The Bertz CT molecular complexity index is 1030. The van der Waals surface area contributed by atoms with Gasteiger partial charge in [-0.05, 0) is 55.2 Å². The number of primary amides is 1. The van der Waals surface area contributed by atoms with E-state index >= 15 is 0 Å². The summed E-state index contributed by atoms with van der Waals surface area (Å²) in [4.78, 5) is 25.8. The molecule has 2 amide bonds. The lowest BCUT2D eigenvalue weighted by atomic mass is 9.96. The van der Waals surface area contributed by atoms with Crippen molar-refractivity contribution in [1.82, 2.24) is 4.90 Å². The second kappa shape index (κ2) is 8.87. The number of piperidine rings is 1. The number of likely N-dealkylation sites (tertiary alicyclic amines) is 1. The van der Waals surface area contributed by atoms with E-state index in [1.807, 2.05) is 31.2 Å². The molecule has 160 valence electrons. The second-order valence-corrected chi connectivity index (χ2v) is 9.62. The molecule has 2 aromatic rings.